The summed E-state index contributed by atoms with van der Waals surface area (Å²) in [6, 6.07) is 8.50. The van der Waals surface area contributed by atoms with Crippen LogP contribution in [0.15, 0.2) is 41.1 Å². The maximum absolute atomic E-state index is 12.0. The normalized spacial score (nSPS) is 11.6. The van der Waals surface area contributed by atoms with Crippen LogP contribution < -0.4 is 5.32 Å². The standard InChI is InChI=1S/C18H19NO4S/c1-12(20)15-4-6-16(7-5-15)19-18(22)13(2)23-17(21)8-3-14-9-10-24-11-14/h4-7,9-11,13H,3,8H2,1-2H3,(H,19,22)/t13-/m1/s1. The number of Topliss-reactive ketones (excluding diaryl/α,β-unsaturated/α-hetero) is 1. The van der Waals surface area contributed by atoms with Gasteiger partial charge in [0.05, 0.1) is 0 Å². The lowest BCUT2D eigenvalue weighted by atomic mass is 10.1. The number of aryl methyl sites for hydroxylation is 1. The van der Waals surface area contributed by atoms with E-state index in [1.165, 1.54) is 13.8 Å². The topological polar surface area (TPSA) is 72.5 Å². The van der Waals surface area contributed by atoms with Gasteiger partial charge in [-0.3, -0.25) is 14.4 Å². The van der Waals surface area contributed by atoms with E-state index >= 15 is 0 Å². The average molecular weight is 345 g/mol. The third-order valence-electron chi connectivity index (χ3n) is 3.43. The molecule has 0 unspecified atom stereocenters. The van der Waals surface area contributed by atoms with Gasteiger partial charge in [0.2, 0.25) is 0 Å². The molecular weight excluding hydrogens is 326 g/mol. The molecule has 0 aliphatic carbocycles. The second kappa shape index (κ2) is 8.40. The number of thiophene rings is 1. The fourth-order valence-electron chi connectivity index (χ4n) is 2.02. The van der Waals surface area contributed by atoms with Gasteiger partial charge in [0.1, 0.15) is 0 Å². The van der Waals surface area contributed by atoms with E-state index in [0.717, 1.165) is 5.56 Å². The van der Waals surface area contributed by atoms with Crippen LogP contribution >= 0.6 is 11.3 Å². The zero-order valence-corrected chi connectivity index (χ0v) is 14.4. The van der Waals surface area contributed by atoms with Gasteiger partial charge in [0.25, 0.3) is 5.91 Å². The number of benzene rings is 1. The Morgan fingerprint density at radius 2 is 1.88 bits per heavy atom. The number of hydrogen-bond acceptors (Lipinski definition) is 5. The van der Waals surface area contributed by atoms with E-state index in [0.29, 0.717) is 17.7 Å². The molecule has 0 radical (unpaired) electrons. The van der Waals surface area contributed by atoms with Gasteiger partial charge in [0, 0.05) is 17.7 Å². The van der Waals surface area contributed by atoms with E-state index in [1.807, 2.05) is 16.8 Å². The summed E-state index contributed by atoms with van der Waals surface area (Å²) in [6.45, 7) is 3.01. The molecule has 6 heteroatoms. The Hall–Kier alpha value is -2.47. The van der Waals surface area contributed by atoms with Crippen LogP contribution in [-0.4, -0.2) is 23.8 Å². The minimum Gasteiger partial charge on any atom is -0.453 e. The van der Waals surface area contributed by atoms with Crippen molar-refractivity contribution < 1.29 is 19.1 Å². The van der Waals surface area contributed by atoms with Crippen LogP contribution in [0, 0.1) is 0 Å². The van der Waals surface area contributed by atoms with Crippen LogP contribution in [0.3, 0.4) is 0 Å². The Morgan fingerprint density at radius 3 is 2.46 bits per heavy atom. The first-order valence-electron chi connectivity index (χ1n) is 7.58. The highest BCUT2D eigenvalue weighted by atomic mass is 32.1. The molecule has 1 aromatic carbocycles. The fraction of sp³-hybridized carbons (Fsp3) is 0.278. The number of carbonyl (C=O) groups is 3. The number of amides is 1. The highest BCUT2D eigenvalue weighted by molar-refractivity contribution is 7.07. The average Bonchev–Trinajstić information content (AvgIpc) is 3.06. The minimum atomic E-state index is -0.882. The lowest BCUT2D eigenvalue weighted by Crippen LogP contribution is -2.30. The zero-order chi connectivity index (χ0) is 17.5. The van der Waals surface area contributed by atoms with Crippen molar-refractivity contribution in [2.24, 2.45) is 0 Å². The van der Waals surface area contributed by atoms with Crippen molar-refractivity contribution in [2.45, 2.75) is 32.8 Å². The van der Waals surface area contributed by atoms with Gasteiger partial charge < -0.3 is 10.1 Å². The summed E-state index contributed by atoms with van der Waals surface area (Å²) in [4.78, 5) is 35.0. The number of carbonyl (C=O) groups excluding carboxylic acids is 3. The Kier molecular flexibility index (Phi) is 6.26. The zero-order valence-electron chi connectivity index (χ0n) is 13.6. The Labute approximate surface area is 144 Å². The maximum Gasteiger partial charge on any atom is 0.306 e. The number of ketones is 1. The number of rotatable bonds is 7. The number of esters is 1. The maximum atomic E-state index is 12.0. The first-order valence-corrected chi connectivity index (χ1v) is 8.52. The van der Waals surface area contributed by atoms with Crippen LogP contribution in [0.5, 0.6) is 0 Å². The molecule has 0 aliphatic heterocycles. The Morgan fingerprint density at radius 1 is 1.17 bits per heavy atom. The van der Waals surface area contributed by atoms with E-state index in [1.54, 1.807) is 35.6 Å². The van der Waals surface area contributed by atoms with Gasteiger partial charge in [0.15, 0.2) is 11.9 Å². The summed E-state index contributed by atoms with van der Waals surface area (Å²) in [7, 11) is 0. The van der Waals surface area contributed by atoms with Crippen molar-refractivity contribution in [3.05, 3.63) is 52.2 Å². The van der Waals surface area contributed by atoms with E-state index < -0.39 is 18.0 Å². The molecular formula is C18H19NO4S. The summed E-state index contributed by atoms with van der Waals surface area (Å²) in [5.74, 6) is -0.856. The molecule has 0 saturated carbocycles. The number of nitrogens with one attached hydrogen (secondary N) is 1. The smallest absolute Gasteiger partial charge is 0.306 e. The van der Waals surface area contributed by atoms with Gasteiger partial charge in [-0.1, -0.05) is 0 Å². The molecule has 1 heterocycles. The molecule has 0 bridgehead atoms. The third-order valence-corrected chi connectivity index (χ3v) is 4.17. The highest BCUT2D eigenvalue weighted by Gasteiger charge is 2.18. The van der Waals surface area contributed by atoms with Crippen LogP contribution in [0.25, 0.3) is 0 Å². The summed E-state index contributed by atoms with van der Waals surface area (Å²) in [5.41, 5.74) is 2.20. The van der Waals surface area contributed by atoms with Crippen LogP contribution in [-0.2, 0) is 20.7 Å². The van der Waals surface area contributed by atoms with Crippen molar-refractivity contribution in [3.8, 4) is 0 Å². The molecule has 24 heavy (non-hydrogen) atoms. The van der Waals surface area contributed by atoms with Crippen molar-refractivity contribution in [2.75, 3.05) is 5.32 Å². The van der Waals surface area contributed by atoms with Gasteiger partial charge >= 0.3 is 5.97 Å². The Bertz CT molecular complexity index is 707. The quantitative estimate of drug-likeness (QED) is 0.616. The first-order chi connectivity index (χ1) is 11.5. The van der Waals surface area contributed by atoms with E-state index in [9.17, 15) is 14.4 Å². The SMILES string of the molecule is CC(=O)c1ccc(NC(=O)[C@@H](C)OC(=O)CCc2ccsc2)cc1. The molecule has 1 aromatic heterocycles. The molecule has 126 valence electrons. The summed E-state index contributed by atoms with van der Waals surface area (Å²) in [5, 5.41) is 6.59. The van der Waals surface area contributed by atoms with Crippen LogP contribution in [0.1, 0.15) is 36.2 Å². The van der Waals surface area contributed by atoms with Crippen LogP contribution in [0.2, 0.25) is 0 Å². The molecule has 0 fully saturated rings. The van der Waals surface area contributed by atoms with E-state index in [4.69, 9.17) is 4.74 Å². The predicted octanol–water partition coefficient (Wildman–Crippen LogP) is 3.45. The van der Waals surface area contributed by atoms with Crippen molar-refractivity contribution in [1.29, 1.82) is 0 Å². The molecule has 1 atom stereocenters. The number of anilines is 1. The van der Waals surface area contributed by atoms with Gasteiger partial charge in [-0.05, 0) is 66.9 Å². The number of ether oxygens (including phenoxy) is 1. The number of hydrogen-bond donors (Lipinski definition) is 1. The predicted molar refractivity (Wildman–Crippen MR) is 93.3 cm³/mol. The molecule has 1 amide bonds. The van der Waals surface area contributed by atoms with Crippen LogP contribution in [0.4, 0.5) is 5.69 Å². The van der Waals surface area contributed by atoms with Gasteiger partial charge in [-0.2, -0.15) is 11.3 Å². The molecule has 2 aromatic rings. The van der Waals surface area contributed by atoms with Crippen molar-refractivity contribution in [1.82, 2.24) is 0 Å². The Balaban J connectivity index is 1.80. The van der Waals surface area contributed by atoms with Crippen molar-refractivity contribution in [3.63, 3.8) is 0 Å². The van der Waals surface area contributed by atoms with E-state index in [-0.39, 0.29) is 12.2 Å². The first kappa shape index (κ1) is 17.9. The minimum absolute atomic E-state index is 0.0409. The summed E-state index contributed by atoms with van der Waals surface area (Å²) < 4.78 is 5.14. The summed E-state index contributed by atoms with van der Waals surface area (Å²) >= 11 is 1.58. The lowest BCUT2D eigenvalue weighted by molar-refractivity contribution is -0.153. The van der Waals surface area contributed by atoms with Gasteiger partial charge in [-0.25, -0.2) is 0 Å². The molecule has 2 rings (SSSR count). The second-order valence-corrected chi connectivity index (χ2v) is 6.17. The van der Waals surface area contributed by atoms with E-state index in [2.05, 4.69) is 5.32 Å². The lowest BCUT2D eigenvalue weighted by Gasteiger charge is -2.13. The monoisotopic (exact) mass is 345 g/mol. The largest absolute Gasteiger partial charge is 0.453 e. The van der Waals surface area contributed by atoms with Crippen molar-refractivity contribution >= 4 is 34.7 Å². The molecule has 5 nitrogen and oxygen atoms in total. The van der Waals surface area contributed by atoms with Gasteiger partial charge in [-0.15, -0.1) is 0 Å². The third kappa shape index (κ3) is 5.31. The fourth-order valence-corrected chi connectivity index (χ4v) is 2.73. The molecule has 1 N–H and O–H groups in total. The highest BCUT2D eigenvalue weighted by Crippen LogP contribution is 2.12. The molecule has 0 aliphatic rings. The molecule has 0 saturated heterocycles. The summed E-state index contributed by atoms with van der Waals surface area (Å²) in [6.07, 6.45) is -0.0438. The molecule has 0 spiro atoms. The second-order valence-electron chi connectivity index (χ2n) is 5.39.